The van der Waals surface area contributed by atoms with Crippen LogP contribution in [0.2, 0.25) is 25.7 Å². The van der Waals surface area contributed by atoms with Crippen molar-refractivity contribution >= 4 is 47.4 Å². The molecule has 0 bridgehead atoms. The van der Waals surface area contributed by atoms with Crippen LogP contribution >= 0.6 is 15.9 Å². The van der Waals surface area contributed by atoms with Gasteiger partial charge in [-0.05, 0) is 67.7 Å². The van der Waals surface area contributed by atoms with Crippen molar-refractivity contribution in [2.24, 2.45) is 0 Å². The number of rotatable bonds is 9. The lowest BCUT2D eigenvalue weighted by molar-refractivity contribution is 0.0500. The van der Waals surface area contributed by atoms with Gasteiger partial charge in [-0.2, -0.15) is 0 Å². The maximum absolute atomic E-state index is 15.1. The van der Waals surface area contributed by atoms with Crippen molar-refractivity contribution < 1.29 is 23.5 Å². The Morgan fingerprint density at radius 2 is 2.00 bits per heavy atom. The van der Waals surface area contributed by atoms with E-state index in [1.807, 2.05) is 4.90 Å². The number of nitrogens with zero attached hydrogens (tertiary/aromatic N) is 3. The zero-order valence-electron chi connectivity index (χ0n) is 23.1. The van der Waals surface area contributed by atoms with Crippen molar-refractivity contribution in [3.05, 3.63) is 40.6 Å². The fourth-order valence-electron chi connectivity index (χ4n) is 4.09. The van der Waals surface area contributed by atoms with Crippen LogP contribution in [0.15, 0.2) is 29.0 Å². The molecule has 3 rings (SSSR count). The Kier molecular flexibility index (Phi) is 9.99. The molecule has 2 aromatic rings. The lowest BCUT2D eigenvalue weighted by Gasteiger charge is -2.36. The number of amides is 2. The summed E-state index contributed by atoms with van der Waals surface area (Å²) in [4.78, 5) is 31.7. The van der Waals surface area contributed by atoms with E-state index >= 15 is 4.39 Å². The lowest BCUT2D eigenvalue weighted by atomic mass is 10.0. The molecule has 2 amide bonds. The van der Waals surface area contributed by atoms with Crippen LogP contribution in [-0.4, -0.2) is 61.0 Å². The second-order valence-electron chi connectivity index (χ2n) is 11.7. The monoisotopic (exact) mass is 611 g/mol. The summed E-state index contributed by atoms with van der Waals surface area (Å²) in [6.45, 7) is 14.0. The van der Waals surface area contributed by atoms with Crippen molar-refractivity contribution in [3.63, 3.8) is 0 Å². The summed E-state index contributed by atoms with van der Waals surface area (Å²) in [5.41, 5.74) is -0.0000723. The van der Waals surface area contributed by atoms with Crippen LogP contribution in [0.3, 0.4) is 0 Å². The average Bonchev–Trinajstić information content (AvgIpc) is 3.15. The van der Waals surface area contributed by atoms with E-state index in [2.05, 4.69) is 51.2 Å². The van der Waals surface area contributed by atoms with Crippen molar-refractivity contribution in [2.45, 2.75) is 77.7 Å². The quantitative estimate of drug-likeness (QED) is 0.273. The molecule has 0 spiro atoms. The lowest BCUT2D eigenvalue weighted by Crippen LogP contribution is -2.49. The molecule has 1 aromatic carbocycles. The highest BCUT2D eigenvalue weighted by Crippen LogP contribution is 2.32. The highest BCUT2D eigenvalue weighted by Gasteiger charge is 2.28. The Balaban J connectivity index is 1.72. The molecule has 1 saturated heterocycles. The molecule has 0 saturated carbocycles. The second-order valence-corrected chi connectivity index (χ2v) is 18.2. The van der Waals surface area contributed by atoms with E-state index in [9.17, 15) is 9.59 Å². The Labute approximate surface area is 233 Å². The SMILES string of the molecule is CC(C)(C)OC(=O)N[C@@H]1CCCN(c2c(F)cccc2NC(=O)c2nc(Br)cn2COCC[Si](C)(C)C)C1. The first-order valence-electron chi connectivity index (χ1n) is 12.9. The molecule has 1 atom stereocenters. The molecule has 12 heteroatoms. The highest BCUT2D eigenvalue weighted by molar-refractivity contribution is 9.10. The minimum atomic E-state index is -1.24. The van der Waals surface area contributed by atoms with Crippen LogP contribution in [0.4, 0.5) is 20.6 Å². The van der Waals surface area contributed by atoms with Gasteiger partial charge >= 0.3 is 6.09 Å². The maximum atomic E-state index is 15.1. The number of hydrogen-bond donors (Lipinski definition) is 2. The van der Waals surface area contributed by atoms with Gasteiger partial charge in [0.25, 0.3) is 5.91 Å². The average molecular weight is 613 g/mol. The molecule has 0 radical (unpaired) electrons. The van der Waals surface area contributed by atoms with Gasteiger partial charge in [0, 0.05) is 40.0 Å². The van der Waals surface area contributed by atoms with Gasteiger partial charge in [-0.3, -0.25) is 4.79 Å². The van der Waals surface area contributed by atoms with Crippen LogP contribution in [0.25, 0.3) is 0 Å². The number of imidazole rings is 1. The summed E-state index contributed by atoms with van der Waals surface area (Å²) in [7, 11) is -1.24. The van der Waals surface area contributed by atoms with Gasteiger partial charge in [0.2, 0.25) is 5.82 Å². The predicted molar refractivity (Wildman–Crippen MR) is 153 cm³/mol. The van der Waals surface area contributed by atoms with Gasteiger partial charge in [0.1, 0.15) is 22.8 Å². The third-order valence-corrected chi connectivity index (χ3v) is 7.96. The van der Waals surface area contributed by atoms with Gasteiger partial charge in [-0.25, -0.2) is 14.2 Å². The number of benzene rings is 1. The van der Waals surface area contributed by atoms with Gasteiger partial charge in [0.15, 0.2) is 0 Å². The Bertz CT molecular complexity index is 1130. The first-order valence-corrected chi connectivity index (χ1v) is 17.4. The smallest absolute Gasteiger partial charge is 0.407 e. The molecular weight excluding hydrogens is 573 g/mol. The van der Waals surface area contributed by atoms with Crippen LogP contribution in [0.5, 0.6) is 0 Å². The summed E-state index contributed by atoms with van der Waals surface area (Å²) in [5, 5.41) is 5.72. The third-order valence-electron chi connectivity index (χ3n) is 5.87. The van der Waals surface area contributed by atoms with Crippen LogP contribution in [0.1, 0.15) is 44.2 Å². The van der Waals surface area contributed by atoms with Crippen molar-refractivity contribution in [3.8, 4) is 0 Å². The number of ether oxygens (including phenoxy) is 2. The van der Waals surface area contributed by atoms with Crippen LogP contribution < -0.4 is 15.5 Å². The van der Waals surface area contributed by atoms with Gasteiger partial charge in [-0.1, -0.05) is 25.7 Å². The van der Waals surface area contributed by atoms with Gasteiger partial charge in [0.05, 0.1) is 11.4 Å². The summed E-state index contributed by atoms with van der Waals surface area (Å²) in [6, 6.07) is 5.37. The Morgan fingerprint density at radius 3 is 2.68 bits per heavy atom. The Morgan fingerprint density at radius 1 is 1.26 bits per heavy atom. The number of carbonyl (C=O) groups is 2. The number of hydrogen-bond acceptors (Lipinski definition) is 6. The van der Waals surface area contributed by atoms with Crippen LogP contribution in [-0.2, 0) is 16.2 Å². The van der Waals surface area contributed by atoms with E-state index in [0.29, 0.717) is 30.0 Å². The molecule has 2 heterocycles. The zero-order valence-corrected chi connectivity index (χ0v) is 25.7. The van der Waals surface area contributed by atoms with Crippen molar-refractivity contribution in [1.82, 2.24) is 14.9 Å². The number of anilines is 2. The minimum absolute atomic E-state index is 0.156. The number of piperidine rings is 1. The number of aromatic nitrogens is 2. The van der Waals surface area contributed by atoms with Crippen LogP contribution in [0, 0.1) is 5.82 Å². The van der Waals surface area contributed by atoms with Gasteiger partial charge in [-0.15, -0.1) is 0 Å². The van der Waals surface area contributed by atoms with E-state index in [1.165, 1.54) is 6.07 Å². The van der Waals surface area contributed by atoms with Crippen molar-refractivity contribution in [2.75, 3.05) is 29.9 Å². The van der Waals surface area contributed by atoms with Gasteiger partial charge < -0.3 is 29.6 Å². The molecule has 1 aliphatic heterocycles. The molecule has 38 heavy (non-hydrogen) atoms. The molecular formula is C26H39BrFN5O4Si. The predicted octanol–water partition coefficient (Wildman–Crippen LogP) is 5.84. The molecule has 1 fully saturated rings. The molecule has 0 unspecified atom stereocenters. The van der Waals surface area contributed by atoms with E-state index in [4.69, 9.17) is 9.47 Å². The number of alkyl carbamates (subject to hydrolysis) is 1. The fourth-order valence-corrected chi connectivity index (χ4v) is 5.26. The highest BCUT2D eigenvalue weighted by atomic mass is 79.9. The number of nitrogens with one attached hydrogen (secondary N) is 2. The molecule has 2 N–H and O–H groups in total. The summed E-state index contributed by atoms with van der Waals surface area (Å²) in [5.74, 6) is -0.778. The molecule has 210 valence electrons. The largest absolute Gasteiger partial charge is 0.444 e. The first kappa shape index (κ1) is 30.1. The minimum Gasteiger partial charge on any atom is -0.444 e. The van der Waals surface area contributed by atoms with E-state index in [0.717, 1.165) is 18.9 Å². The fraction of sp³-hybridized carbons (Fsp3) is 0.577. The summed E-state index contributed by atoms with van der Waals surface area (Å²) in [6.07, 6.45) is 2.67. The topological polar surface area (TPSA) is 97.7 Å². The molecule has 0 aliphatic carbocycles. The van der Waals surface area contributed by atoms with E-state index < -0.39 is 31.5 Å². The van der Waals surface area contributed by atoms with E-state index in [-0.39, 0.29) is 24.3 Å². The number of para-hydroxylation sites is 1. The standard InChI is InChI=1S/C26H39BrFN5O4Si/c1-26(2,3)37-25(35)29-18-9-8-12-32(15-18)22-19(28)10-7-11-20(22)30-24(34)23-31-21(27)16-33(23)17-36-13-14-38(4,5)6/h7,10-11,16,18H,8-9,12-15,17H2,1-6H3,(H,29,35)(H,30,34)/t18-/m1/s1. The summed E-state index contributed by atoms with van der Waals surface area (Å²) < 4.78 is 28.4. The van der Waals surface area contributed by atoms with Crippen molar-refractivity contribution in [1.29, 1.82) is 0 Å². The van der Waals surface area contributed by atoms with E-state index in [1.54, 1.807) is 43.7 Å². The first-order chi connectivity index (χ1) is 17.7. The zero-order chi connectivity index (χ0) is 28.1. The number of halogens is 2. The second kappa shape index (κ2) is 12.6. The molecule has 1 aromatic heterocycles. The maximum Gasteiger partial charge on any atom is 0.407 e. The molecule has 1 aliphatic rings. The molecule has 9 nitrogen and oxygen atoms in total. The third kappa shape index (κ3) is 9.09. The Hall–Kier alpha value is -2.44. The normalized spacial score (nSPS) is 16.3. The number of carbonyl (C=O) groups excluding carboxylic acids is 2. The summed E-state index contributed by atoms with van der Waals surface area (Å²) >= 11 is 3.34.